The van der Waals surface area contributed by atoms with Gasteiger partial charge in [0.1, 0.15) is 0 Å². The van der Waals surface area contributed by atoms with Crippen LogP contribution in [0.25, 0.3) is 0 Å². The Kier molecular flexibility index (Phi) is 4.67. The van der Waals surface area contributed by atoms with Crippen molar-refractivity contribution in [3.8, 4) is 0 Å². The van der Waals surface area contributed by atoms with Crippen LogP contribution in [0.2, 0.25) is 0 Å². The van der Waals surface area contributed by atoms with Crippen LogP contribution in [0.4, 0.5) is 36.4 Å². The SMILES string of the molecule is O=C(Nc1ccc(Br)cc1C(F)(F)F)C(F)(F)C(F)F. The Morgan fingerprint density at radius 1 is 1.15 bits per heavy atom. The summed E-state index contributed by atoms with van der Waals surface area (Å²) >= 11 is 2.74. The van der Waals surface area contributed by atoms with Crippen LogP contribution >= 0.6 is 15.9 Å². The van der Waals surface area contributed by atoms with Gasteiger partial charge in [-0.05, 0) is 18.2 Å². The van der Waals surface area contributed by atoms with E-state index in [2.05, 4.69) is 15.9 Å². The van der Waals surface area contributed by atoms with Crippen molar-refractivity contribution < 1.29 is 35.5 Å². The highest BCUT2D eigenvalue weighted by molar-refractivity contribution is 9.10. The van der Waals surface area contributed by atoms with E-state index in [1.165, 1.54) is 0 Å². The van der Waals surface area contributed by atoms with Crippen molar-refractivity contribution in [2.75, 3.05) is 5.32 Å². The molecule has 0 unspecified atom stereocenters. The quantitative estimate of drug-likeness (QED) is 0.792. The zero-order valence-corrected chi connectivity index (χ0v) is 10.8. The lowest BCUT2D eigenvalue weighted by molar-refractivity contribution is -0.163. The van der Waals surface area contributed by atoms with Gasteiger partial charge < -0.3 is 5.32 Å². The molecular formula is C10H5BrF7NO. The standard InChI is InChI=1S/C10H5BrF7NO/c11-4-1-2-6(5(3-4)10(16,17)18)19-8(20)9(14,15)7(12)13/h1-3,7H,(H,19,20). The summed E-state index contributed by atoms with van der Waals surface area (Å²) in [6.07, 6.45) is -9.28. The van der Waals surface area contributed by atoms with Crippen LogP contribution in [0.1, 0.15) is 5.56 Å². The summed E-state index contributed by atoms with van der Waals surface area (Å²) in [5.41, 5.74) is -2.48. The Morgan fingerprint density at radius 2 is 1.70 bits per heavy atom. The summed E-state index contributed by atoms with van der Waals surface area (Å²) in [6, 6.07) is 2.23. The molecule has 0 spiro atoms. The maximum atomic E-state index is 12.7. The molecule has 0 atom stereocenters. The van der Waals surface area contributed by atoms with Gasteiger partial charge in [0, 0.05) is 4.47 Å². The number of hydrogen-bond donors (Lipinski definition) is 1. The molecule has 112 valence electrons. The lowest BCUT2D eigenvalue weighted by atomic mass is 10.1. The van der Waals surface area contributed by atoms with Crippen LogP contribution in [0.15, 0.2) is 22.7 Å². The van der Waals surface area contributed by atoms with Gasteiger partial charge in [-0.2, -0.15) is 22.0 Å². The van der Waals surface area contributed by atoms with Gasteiger partial charge in [0.05, 0.1) is 11.3 Å². The first-order valence-electron chi connectivity index (χ1n) is 4.80. The van der Waals surface area contributed by atoms with E-state index in [1.54, 1.807) is 0 Å². The van der Waals surface area contributed by atoms with E-state index < -0.39 is 35.7 Å². The number of carbonyl (C=O) groups is 1. The van der Waals surface area contributed by atoms with Crippen molar-refractivity contribution in [1.82, 2.24) is 0 Å². The fourth-order valence-electron chi connectivity index (χ4n) is 1.16. The molecule has 0 aliphatic heterocycles. The van der Waals surface area contributed by atoms with E-state index in [-0.39, 0.29) is 4.47 Å². The van der Waals surface area contributed by atoms with Crippen molar-refractivity contribution >= 4 is 27.5 Å². The van der Waals surface area contributed by atoms with Gasteiger partial charge in [0.2, 0.25) is 0 Å². The first kappa shape index (κ1) is 16.7. The molecule has 1 amide bonds. The highest BCUT2D eigenvalue weighted by atomic mass is 79.9. The van der Waals surface area contributed by atoms with Crippen LogP contribution in [0.5, 0.6) is 0 Å². The Morgan fingerprint density at radius 3 is 2.15 bits per heavy atom. The van der Waals surface area contributed by atoms with Crippen LogP contribution in [-0.4, -0.2) is 18.3 Å². The molecule has 0 aliphatic rings. The second-order valence-corrected chi connectivity index (χ2v) is 4.48. The van der Waals surface area contributed by atoms with Gasteiger partial charge >= 0.3 is 24.4 Å². The van der Waals surface area contributed by atoms with Crippen LogP contribution < -0.4 is 5.32 Å². The minimum Gasteiger partial charge on any atom is -0.320 e. The van der Waals surface area contributed by atoms with E-state index in [4.69, 9.17) is 0 Å². The van der Waals surface area contributed by atoms with Gasteiger partial charge in [-0.3, -0.25) is 4.79 Å². The third-order valence-corrected chi connectivity index (χ3v) is 2.61. The smallest absolute Gasteiger partial charge is 0.320 e. The normalized spacial score (nSPS) is 12.7. The molecule has 1 aromatic carbocycles. The molecule has 20 heavy (non-hydrogen) atoms. The molecular weight excluding hydrogens is 363 g/mol. The van der Waals surface area contributed by atoms with Crippen molar-refractivity contribution in [2.45, 2.75) is 18.5 Å². The summed E-state index contributed by atoms with van der Waals surface area (Å²) in [4.78, 5) is 10.9. The maximum absolute atomic E-state index is 12.7. The van der Waals surface area contributed by atoms with E-state index in [1.807, 2.05) is 0 Å². The molecule has 1 aromatic rings. The van der Waals surface area contributed by atoms with Gasteiger partial charge in [-0.25, -0.2) is 8.78 Å². The summed E-state index contributed by atoms with van der Waals surface area (Å²) in [6.45, 7) is 0. The second kappa shape index (κ2) is 5.58. The molecule has 0 saturated carbocycles. The number of carbonyl (C=O) groups excluding carboxylic acids is 1. The van der Waals surface area contributed by atoms with Crippen LogP contribution in [0, 0.1) is 0 Å². The summed E-state index contributed by atoms with van der Waals surface area (Å²) in [5, 5.41) is 1.16. The number of benzene rings is 1. The highest BCUT2D eigenvalue weighted by Crippen LogP contribution is 2.37. The van der Waals surface area contributed by atoms with Gasteiger partial charge in [0.15, 0.2) is 0 Å². The fourth-order valence-corrected chi connectivity index (χ4v) is 1.53. The molecule has 0 saturated heterocycles. The largest absolute Gasteiger partial charge is 0.418 e. The second-order valence-electron chi connectivity index (χ2n) is 3.57. The number of alkyl halides is 7. The Hall–Kier alpha value is -1.32. The first-order valence-corrected chi connectivity index (χ1v) is 5.59. The van der Waals surface area contributed by atoms with Gasteiger partial charge in [-0.1, -0.05) is 15.9 Å². The monoisotopic (exact) mass is 367 g/mol. The third-order valence-electron chi connectivity index (χ3n) is 2.11. The van der Waals surface area contributed by atoms with Crippen LogP contribution in [0.3, 0.4) is 0 Å². The molecule has 0 bridgehead atoms. The van der Waals surface area contributed by atoms with E-state index in [9.17, 15) is 35.5 Å². The number of amides is 1. The maximum Gasteiger partial charge on any atom is 0.418 e. The molecule has 0 fully saturated rings. The number of nitrogens with one attached hydrogen (secondary N) is 1. The predicted octanol–water partition coefficient (Wildman–Crippen LogP) is 4.31. The first-order chi connectivity index (χ1) is 8.96. The van der Waals surface area contributed by atoms with Gasteiger partial charge in [-0.15, -0.1) is 0 Å². The van der Waals surface area contributed by atoms with Crippen molar-refractivity contribution in [1.29, 1.82) is 0 Å². The fraction of sp³-hybridized carbons (Fsp3) is 0.300. The van der Waals surface area contributed by atoms with E-state index in [0.29, 0.717) is 12.1 Å². The summed E-state index contributed by atoms with van der Waals surface area (Å²) in [5.74, 6) is -7.60. The number of anilines is 1. The average molecular weight is 368 g/mol. The molecule has 2 nitrogen and oxygen atoms in total. The number of rotatable bonds is 3. The lowest BCUT2D eigenvalue weighted by Crippen LogP contribution is -2.41. The molecule has 0 aliphatic carbocycles. The Balaban J connectivity index is 3.14. The third kappa shape index (κ3) is 3.62. The molecule has 0 radical (unpaired) electrons. The lowest BCUT2D eigenvalue weighted by Gasteiger charge is -2.18. The highest BCUT2D eigenvalue weighted by Gasteiger charge is 2.49. The number of hydrogen-bond acceptors (Lipinski definition) is 1. The molecule has 1 N–H and O–H groups in total. The van der Waals surface area contributed by atoms with E-state index >= 15 is 0 Å². The molecule has 1 rings (SSSR count). The molecule has 10 heteroatoms. The predicted molar refractivity (Wildman–Crippen MR) is 58.7 cm³/mol. The Bertz CT molecular complexity index is 515. The summed E-state index contributed by atoms with van der Waals surface area (Å²) < 4.78 is 87.1. The minimum atomic E-state index is -5.09. The number of halogens is 8. The zero-order chi connectivity index (χ0) is 15.7. The topological polar surface area (TPSA) is 29.1 Å². The molecule has 0 heterocycles. The average Bonchev–Trinajstić information content (AvgIpc) is 2.29. The Labute approximate surface area is 116 Å². The van der Waals surface area contributed by atoms with Crippen molar-refractivity contribution in [3.63, 3.8) is 0 Å². The molecule has 0 aromatic heterocycles. The van der Waals surface area contributed by atoms with Crippen molar-refractivity contribution in [3.05, 3.63) is 28.2 Å². The minimum absolute atomic E-state index is 0.0246. The van der Waals surface area contributed by atoms with Crippen molar-refractivity contribution in [2.24, 2.45) is 0 Å². The van der Waals surface area contributed by atoms with E-state index in [0.717, 1.165) is 11.4 Å². The summed E-state index contributed by atoms with van der Waals surface area (Å²) in [7, 11) is 0. The van der Waals surface area contributed by atoms with Crippen LogP contribution in [-0.2, 0) is 11.0 Å². The van der Waals surface area contributed by atoms with Gasteiger partial charge in [0.25, 0.3) is 0 Å². The zero-order valence-electron chi connectivity index (χ0n) is 9.24.